The number of carbonyl (C=O) groups is 3. The van der Waals surface area contributed by atoms with Gasteiger partial charge in [0.05, 0.1) is 17.1 Å². The minimum absolute atomic E-state index is 0.0200. The molecule has 1 saturated heterocycles. The summed E-state index contributed by atoms with van der Waals surface area (Å²) in [6.45, 7) is 0.967. The summed E-state index contributed by atoms with van der Waals surface area (Å²) in [5, 5.41) is 2.59. The first-order chi connectivity index (χ1) is 12.7. The van der Waals surface area contributed by atoms with Crippen LogP contribution in [0.5, 0.6) is 0 Å². The molecule has 2 fully saturated rings. The summed E-state index contributed by atoms with van der Waals surface area (Å²) >= 11 is 0. The summed E-state index contributed by atoms with van der Waals surface area (Å²) in [6.07, 6.45) is 2.13. The largest absolute Gasteiger partial charge is 0.452 e. The van der Waals surface area contributed by atoms with E-state index in [0.29, 0.717) is 12.1 Å². The monoisotopic (exact) mass is 394 g/mol. The highest BCUT2D eigenvalue weighted by atomic mass is 32.2. The second kappa shape index (κ2) is 7.67. The molecule has 0 aromatic heterocycles. The number of amides is 2. The molecule has 146 valence electrons. The van der Waals surface area contributed by atoms with Crippen LogP contribution in [0.2, 0.25) is 0 Å². The topological polar surface area (TPSA) is 110 Å². The lowest BCUT2D eigenvalue weighted by Crippen LogP contribution is -2.44. The third-order valence-electron chi connectivity index (χ3n) is 4.60. The van der Waals surface area contributed by atoms with Crippen LogP contribution in [0.1, 0.15) is 36.5 Å². The Morgan fingerprint density at radius 3 is 2.30 bits per heavy atom. The lowest BCUT2D eigenvalue weighted by molar-refractivity contribution is -0.137. The number of hydrogen-bond acceptors (Lipinski definition) is 6. The van der Waals surface area contributed by atoms with Gasteiger partial charge in [0.1, 0.15) is 0 Å². The third kappa shape index (κ3) is 5.06. The molecule has 1 aliphatic carbocycles. The van der Waals surface area contributed by atoms with E-state index in [-0.39, 0.29) is 41.0 Å². The number of nitrogens with zero attached hydrogens (tertiary/aromatic N) is 1. The van der Waals surface area contributed by atoms with Crippen molar-refractivity contribution < 1.29 is 27.5 Å². The first-order valence-electron chi connectivity index (χ1n) is 8.81. The molecule has 1 aromatic carbocycles. The smallest absolute Gasteiger partial charge is 0.338 e. The molecule has 1 saturated carbocycles. The quantitative estimate of drug-likeness (QED) is 0.720. The van der Waals surface area contributed by atoms with Crippen molar-refractivity contribution in [2.45, 2.75) is 38.3 Å². The minimum Gasteiger partial charge on any atom is -0.452 e. The van der Waals surface area contributed by atoms with Gasteiger partial charge in [0.25, 0.3) is 5.91 Å². The summed E-state index contributed by atoms with van der Waals surface area (Å²) in [5.74, 6) is -1.15. The zero-order valence-corrected chi connectivity index (χ0v) is 15.8. The Morgan fingerprint density at radius 1 is 1.11 bits per heavy atom. The number of nitrogens with one attached hydrogen (secondary N) is 1. The maximum atomic E-state index is 12.5. The predicted molar refractivity (Wildman–Crippen MR) is 98.0 cm³/mol. The van der Waals surface area contributed by atoms with Gasteiger partial charge in [-0.05, 0) is 43.5 Å². The van der Waals surface area contributed by atoms with E-state index in [4.69, 9.17) is 4.74 Å². The molecular weight excluding hydrogens is 372 g/mol. The van der Waals surface area contributed by atoms with Gasteiger partial charge in [-0.15, -0.1) is 0 Å². The Labute approximate surface area is 157 Å². The number of ether oxygens (including phenoxy) is 1. The molecule has 1 aliphatic heterocycles. The van der Waals surface area contributed by atoms with E-state index < -0.39 is 22.4 Å². The molecule has 1 N–H and O–H groups in total. The third-order valence-corrected chi connectivity index (χ3v) is 6.35. The maximum Gasteiger partial charge on any atom is 0.338 e. The van der Waals surface area contributed by atoms with E-state index in [1.807, 2.05) is 0 Å². The molecule has 8 nitrogen and oxygen atoms in total. The van der Waals surface area contributed by atoms with Gasteiger partial charge in [0.2, 0.25) is 5.91 Å². The average Bonchev–Trinajstić information content (AvgIpc) is 3.36. The fourth-order valence-electron chi connectivity index (χ4n) is 3.23. The van der Waals surface area contributed by atoms with Gasteiger partial charge >= 0.3 is 5.97 Å². The lowest BCUT2D eigenvalue weighted by atomic mass is 10.2. The van der Waals surface area contributed by atoms with E-state index in [1.54, 1.807) is 17.0 Å². The number of carbonyl (C=O) groups excluding carboxylic acids is 3. The van der Waals surface area contributed by atoms with Crippen molar-refractivity contribution in [2.24, 2.45) is 0 Å². The molecular formula is C18H22N2O6S. The maximum absolute atomic E-state index is 12.5. The lowest BCUT2D eigenvalue weighted by Gasteiger charge is -2.28. The number of rotatable bonds is 6. The number of benzene rings is 1. The van der Waals surface area contributed by atoms with Crippen molar-refractivity contribution in [3.05, 3.63) is 29.8 Å². The predicted octanol–water partition coefficient (Wildman–Crippen LogP) is 0.980. The fraction of sp³-hybridized carbons (Fsp3) is 0.500. The van der Waals surface area contributed by atoms with Crippen LogP contribution in [-0.4, -0.2) is 61.3 Å². The normalized spacial score (nSPS) is 20.7. The molecule has 3 rings (SSSR count). The zero-order chi connectivity index (χ0) is 19.6. The Kier molecular flexibility index (Phi) is 5.50. The van der Waals surface area contributed by atoms with Crippen molar-refractivity contribution in [2.75, 3.05) is 23.4 Å². The van der Waals surface area contributed by atoms with E-state index in [0.717, 1.165) is 12.8 Å². The molecule has 9 heteroatoms. The summed E-state index contributed by atoms with van der Waals surface area (Å²) in [4.78, 5) is 37.3. The van der Waals surface area contributed by atoms with Crippen LogP contribution in [0.3, 0.4) is 0 Å². The SMILES string of the molecule is CC(=O)Nc1ccc(C(=O)OCC(=O)N(C2CC2)[C@@H]2CCS(=O)(=O)C2)cc1. The molecule has 0 unspecified atom stereocenters. The molecule has 0 bridgehead atoms. The van der Waals surface area contributed by atoms with Gasteiger partial charge < -0.3 is 15.0 Å². The molecule has 1 aromatic rings. The first kappa shape index (κ1) is 19.3. The summed E-state index contributed by atoms with van der Waals surface area (Å²) in [5.41, 5.74) is 0.816. The van der Waals surface area contributed by atoms with Crippen molar-refractivity contribution in [1.29, 1.82) is 0 Å². The van der Waals surface area contributed by atoms with Crippen LogP contribution >= 0.6 is 0 Å². The zero-order valence-electron chi connectivity index (χ0n) is 15.0. The first-order valence-corrected chi connectivity index (χ1v) is 10.6. The number of sulfone groups is 1. The van der Waals surface area contributed by atoms with E-state index >= 15 is 0 Å². The van der Waals surface area contributed by atoms with Crippen LogP contribution in [-0.2, 0) is 24.2 Å². The standard InChI is InChI=1S/C18H22N2O6S/c1-12(21)19-14-4-2-13(3-5-14)18(23)26-10-17(22)20(15-6-7-15)16-8-9-27(24,25)11-16/h2-5,15-16H,6-11H2,1H3,(H,19,21)/t16-/m1/s1. The molecule has 1 atom stereocenters. The number of hydrogen-bond donors (Lipinski definition) is 1. The van der Waals surface area contributed by atoms with E-state index in [9.17, 15) is 22.8 Å². The van der Waals surface area contributed by atoms with Gasteiger partial charge in [0, 0.05) is 24.7 Å². The molecule has 2 aliphatic rings. The second-order valence-corrected chi connectivity index (χ2v) is 9.15. The van der Waals surface area contributed by atoms with Crippen LogP contribution < -0.4 is 5.32 Å². The highest BCUT2D eigenvalue weighted by Gasteiger charge is 2.42. The van der Waals surface area contributed by atoms with Crippen LogP contribution in [0.15, 0.2) is 24.3 Å². The second-order valence-electron chi connectivity index (χ2n) is 6.92. The highest BCUT2D eigenvalue weighted by Crippen LogP contribution is 2.32. The van der Waals surface area contributed by atoms with E-state index in [2.05, 4.69) is 5.32 Å². The van der Waals surface area contributed by atoms with E-state index in [1.165, 1.54) is 19.1 Å². The number of anilines is 1. The number of esters is 1. The van der Waals surface area contributed by atoms with Crippen LogP contribution in [0.4, 0.5) is 5.69 Å². The Bertz CT molecular complexity index is 845. The van der Waals surface area contributed by atoms with Crippen molar-refractivity contribution in [3.63, 3.8) is 0 Å². The molecule has 0 spiro atoms. The van der Waals surface area contributed by atoms with Gasteiger partial charge in [0.15, 0.2) is 16.4 Å². The molecule has 0 radical (unpaired) electrons. The molecule has 2 amide bonds. The molecule has 27 heavy (non-hydrogen) atoms. The van der Waals surface area contributed by atoms with Gasteiger partial charge in [-0.25, -0.2) is 13.2 Å². The fourth-order valence-corrected chi connectivity index (χ4v) is 4.94. The van der Waals surface area contributed by atoms with Crippen LogP contribution in [0, 0.1) is 0 Å². The Morgan fingerprint density at radius 2 is 1.78 bits per heavy atom. The Balaban J connectivity index is 1.57. The Hall–Kier alpha value is -2.42. The average molecular weight is 394 g/mol. The minimum atomic E-state index is -3.10. The highest BCUT2D eigenvalue weighted by molar-refractivity contribution is 7.91. The summed E-state index contributed by atoms with van der Waals surface area (Å²) in [7, 11) is -3.10. The molecule has 1 heterocycles. The van der Waals surface area contributed by atoms with Gasteiger partial charge in [-0.3, -0.25) is 9.59 Å². The summed E-state index contributed by atoms with van der Waals surface area (Å²) < 4.78 is 28.5. The summed E-state index contributed by atoms with van der Waals surface area (Å²) in [6, 6.07) is 5.86. The van der Waals surface area contributed by atoms with Crippen molar-refractivity contribution >= 4 is 33.3 Å². The van der Waals surface area contributed by atoms with Crippen molar-refractivity contribution in [3.8, 4) is 0 Å². The van der Waals surface area contributed by atoms with Crippen molar-refractivity contribution in [1.82, 2.24) is 4.90 Å². The van der Waals surface area contributed by atoms with Gasteiger partial charge in [-0.2, -0.15) is 0 Å². The van der Waals surface area contributed by atoms with Crippen LogP contribution in [0.25, 0.3) is 0 Å². The van der Waals surface area contributed by atoms with Gasteiger partial charge in [-0.1, -0.05) is 0 Å².